The maximum Gasteiger partial charge on any atom is 0.244 e. The van der Waals surface area contributed by atoms with Crippen molar-refractivity contribution in [2.75, 3.05) is 18.5 Å². The molecule has 1 saturated carbocycles. The first-order valence-electron chi connectivity index (χ1n) is 8.54. The summed E-state index contributed by atoms with van der Waals surface area (Å²) in [5.74, 6) is 0.914. The number of thioether (sulfide) groups is 1. The van der Waals surface area contributed by atoms with Crippen molar-refractivity contribution in [3.63, 3.8) is 0 Å². The van der Waals surface area contributed by atoms with Gasteiger partial charge >= 0.3 is 0 Å². The topological polar surface area (TPSA) is 64.4 Å². The number of halogens is 1. The Kier molecular flexibility index (Phi) is 7.41. The van der Waals surface area contributed by atoms with Gasteiger partial charge in [-0.05, 0) is 43.4 Å². The van der Waals surface area contributed by atoms with E-state index in [-0.39, 0.29) is 18.3 Å². The molecule has 1 aliphatic carbocycles. The van der Waals surface area contributed by atoms with Gasteiger partial charge in [0.05, 0.1) is 0 Å². The van der Waals surface area contributed by atoms with Crippen LogP contribution in [0.1, 0.15) is 44.1 Å². The fourth-order valence-electron chi connectivity index (χ4n) is 3.23. The molecule has 0 spiro atoms. The molecule has 1 aromatic rings. The van der Waals surface area contributed by atoms with Crippen molar-refractivity contribution in [1.29, 1.82) is 0 Å². The third kappa shape index (κ3) is 5.12. The Labute approximate surface area is 154 Å². The number of anilines is 1. The largest absolute Gasteiger partial charge is 0.381 e. The van der Waals surface area contributed by atoms with Crippen LogP contribution in [0.25, 0.3) is 0 Å². The van der Waals surface area contributed by atoms with Crippen molar-refractivity contribution in [1.82, 2.24) is 0 Å². The number of amides is 1. The van der Waals surface area contributed by atoms with E-state index in [0.717, 1.165) is 16.7 Å². The highest BCUT2D eigenvalue weighted by Gasteiger charge is 2.35. The fraction of sp³-hybridized carbons (Fsp3) is 0.611. The number of benzene rings is 1. The van der Waals surface area contributed by atoms with Crippen molar-refractivity contribution >= 4 is 35.8 Å². The zero-order valence-electron chi connectivity index (χ0n) is 14.0. The summed E-state index contributed by atoms with van der Waals surface area (Å²) in [5.41, 5.74) is 7.54. The molecule has 0 atom stereocenters. The molecule has 134 valence electrons. The van der Waals surface area contributed by atoms with Crippen LogP contribution in [0.3, 0.4) is 0 Å². The number of hydrogen-bond acceptors (Lipinski definition) is 4. The van der Waals surface area contributed by atoms with Crippen molar-refractivity contribution in [2.45, 2.75) is 55.1 Å². The van der Waals surface area contributed by atoms with Crippen LogP contribution in [0.4, 0.5) is 5.69 Å². The molecule has 0 radical (unpaired) electrons. The average molecular weight is 371 g/mol. The molecule has 1 amide bonds. The van der Waals surface area contributed by atoms with E-state index in [0.29, 0.717) is 26.1 Å². The number of hydrogen-bond donors (Lipinski definition) is 2. The molecule has 6 heteroatoms. The zero-order chi connectivity index (χ0) is 16.1. The summed E-state index contributed by atoms with van der Waals surface area (Å²) >= 11 is 2.04. The molecule has 1 saturated heterocycles. The van der Waals surface area contributed by atoms with Gasteiger partial charge in [-0.1, -0.05) is 25.0 Å². The molecule has 1 aliphatic heterocycles. The standard InChI is InChI=1S/C18H26N2O2S.ClH/c19-18(8-10-22-11-9-18)17(21)20-15-5-3-4-14(12-15)13-23-16-6-1-2-7-16;/h3-5,12,16H,1-2,6-11,13,19H2,(H,20,21);1H. The van der Waals surface area contributed by atoms with Gasteiger partial charge in [0.25, 0.3) is 0 Å². The summed E-state index contributed by atoms with van der Waals surface area (Å²) in [6.45, 7) is 1.12. The van der Waals surface area contributed by atoms with Gasteiger partial charge in [0.1, 0.15) is 5.54 Å². The molecule has 4 nitrogen and oxygen atoms in total. The van der Waals surface area contributed by atoms with Gasteiger partial charge in [-0.3, -0.25) is 4.79 Å². The number of carbonyl (C=O) groups is 1. The van der Waals surface area contributed by atoms with Gasteiger partial charge < -0.3 is 15.8 Å². The Morgan fingerprint density at radius 2 is 2.00 bits per heavy atom. The van der Waals surface area contributed by atoms with Gasteiger partial charge in [0.2, 0.25) is 5.91 Å². The second-order valence-electron chi connectivity index (χ2n) is 6.64. The molecule has 2 aliphatic rings. The summed E-state index contributed by atoms with van der Waals surface area (Å²) in [7, 11) is 0. The predicted molar refractivity (Wildman–Crippen MR) is 103 cm³/mol. The molecular formula is C18H27ClN2O2S. The molecule has 3 N–H and O–H groups in total. The molecule has 1 aromatic carbocycles. The van der Waals surface area contributed by atoms with E-state index in [1.807, 2.05) is 23.9 Å². The van der Waals surface area contributed by atoms with E-state index >= 15 is 0 Å². The third-order valence-electron chi connectivity index (χ3n) is 4.81. The van der Waals surface area contributed by atoms with Crippen molar-refractivity contribution in [3.05, 3.63) is 29.8 Å². The van der Waals surface area contributed by atoms with Crippen LogP contribution in [0.5, 0.6) is 0 Å². The molecule has 0 unspecified atom stereocenters. The molecule has 3 rings (SSSR count). The van der Waals surface area contributed by atoms with Crippen molar-refractivity contribution in [2.24, 2.45) is 5.73 Å². The molecule has 24 heavy (non-hydrogen) atoms. The van der Waals surface area contributed by atoms with E-state index in [4.69, 9.17) is 10.5 Å². The number of nitrogens with two attached hydrogens (primary N) is 1. The maximum atomic E-state index is 12.5. The first kappa shape index (κ1) is 19.6. The van der Waals surface area contributed by atoms with Crippen molar-refractivity contribution < 1.29 is 9.53 Å². The van der Waals surface area contributed by atoms with E-state index in [1.165, 1.54) is 31.2 Å². The molecule has 2 fully saturated rings. The number of nitrogens with one attached hydrogen (secondary N) is 1. The lowest BCUT2D eigenvalue weighted by Crippen LogP contribution is -2.54. The van der Waals surface area contributed by atoms with E-state index in [9.17, 15) is 4.79 Å². The normalized spacial score (nSPS) is 20.4. The number of rotatable bonds is 5. The summed E-state index contributed by atoms with van der Waals surface area (Å²) in [6.07, 6.45) is 6.59. The van der Waals surface area contributed by atoms with Crippen molar-refractivity contribution in [3.8, 4) is 0 Å². The summed E-state index contributed by atoms with van der Waals surface area (Å²) in [4.78, 5) is 12.5. The van der Waals surface area contributed by atoms with Crippen LogP contribution >= 0.6 is 24.2 Å². The quantitative estimate of drug-likeness (QED) is 0.828. The minimum absolute atomic E-state index is 0. The van der Waals surface area contributed by atoms with E-state index in [2.05, 4.69) is 17.4 Å². The first-order chi connectivity index (χ1) is 11.2. The number of ether oxygens (including phenoxy) is 1. The summed E-state index contributed by atoms with van der Waals surface area (Å²) in [6, 6.07) is 8.14. The molecule has 1 heterocycles. The Hall–Kier alpha value is -0.750. The average Bonchev–Trinajstić information content (AvgIpc) is 3.07. The first-order valence-corrected chi connectivity index (χ1v) is 9.59. The fourth-order valence-corrected chi connectivity index (χ4v) is 4.50. The van der Waals surface area contributed by atoms with Crippen LogP contribution in [0.15, 0.2) is 24.3 Å². The lowest BCUT2D eigenvalue weighted by atomic mass is 9.90. The Morgan fingerprint density at radius 1 is 1.29 bits per heavy atom. The lowest BCUT2D eigenvalue weighted by molar-refractivity contribution is -0.124. The SMILES string of the molecule is Cl.NC1(C(=O)Nc2cccc(CSC3CCCC3)c2)CCOCC1. The van der Waals surface area contributed by atoms with Gasteiger partial charge in [0, 0.05) is 29.9 Å². The predicted octanol–water partition coefficient (Wildman–Crippen LogP) is 3.73. The van der Waals surface area contributed by atoms with Crippen LogP contribution < -0.4 is 11.1 Å². The van der Waals surface area contributed by atoms with Crippen LogP contribution in [-0.4, -0.2) is 29.9 Å². The zero-order valence-corrected chi connectivity index (χ0v) is 15.6. The minimum atomic E-state index is -0.799. The van der Waals surface area contributed by atoms with E-state index in [1.54, 1.807) is 0 Å². The van der Waals surface area contributed by atoms with Gasteiger partial charge in [0.15, 0.2) is 0 Å². The monoisotopic (exact) mass is 370 g/mol. The van der Waals surface area contributed by atoms with Crippen LogP contribution in [0.2, 0.25) is 0 Å². The van der Waals surface area contributed by atoms with Gasteiger partial charge in [-0.25, -0.2) is 0 Å². The highest BCUT2D eigenvalue weighted by Crippen LogP contribution is 2.32. The van der Waals surface area contributed by atoms with Crippen LogP contribution in [0, 0.1) is 0 Å². The summed E-state index contributed by atoms with van der Waals surface area (Å²) in [5, 5.41) is 3.80. The van der Waals surface area contributed by atoms with E-state index < -0.39 is 5.54 Å². The molecule has 0 aromatic heterocycles. The van der Waals surface area contributed by atoms with Crippen LogP contribution in [-0.2, 0) is 15.3 Å². The van der Waals surface area contributed by atoms with Gasteiger partial charge in [-0.2, -0.15) is 11.8 Å². The third-order valence-corrected chi connectivity index (χ3v) is 6.25. The van der Waals surface area contributed by atoms with Gasteiger partial charge in [-0.15, -0.1) is 12.4 Å². The summed E-state index contributed by atoms with van der Waals surface area (Å²) < 4.78 is 5.30. The second-order valence-corrected chi connectivity index (χ2v) is 7.93. The second kappa shape index (κ2) is 9.09. The highest BCUT2D eigenvalue weighted by molar-refractivity contribution is 7.99. The lowest BCUT2D eigenvalue weighted by Gasteiger charge is -2.31. The maximum absolute atomic E-state index is 12.5. The smallest absolute Gasteiger partial charge is 0.244 e. The number of carbonyl (C=O) groups excluding carboxylic acids is 1. The Balaban J connectivity index is 0.00000208. The molecular weight excluding hydrogens is 344 g/mol. The minimum Gasteiger partial charge on any atom is -0.381 e. The Bertz CT molecular complexity index is 544. The Morgan fingerprint density at radius 3 is 2.71 bits per heavy atom. The molecule has 0 bridgehead atoms. The highest BCUT2D eigenvalue weighted by atomic mass is 35.5.